The number of benzene rings is 1. The van der Waals surface area contributed by atoms with Gasteiger partial charge < -0.3 is 19.9 Å². The Morgan fingerprint density at radius 3 is 2.34 bits per heavy atom. The van der Waals surface area contributed by atoms with E-state index in [0.717, 1.165) is 18.8 Å². The molecule has 29 heavy (non-hydrogen) atoms. The van der Waals surface area contributed by atoms with Gasteiger partial charge in [0.25, 0.3) is 0 Å². The molecule has 1 saturated heterocycles. The Bertz CT molecular complexity index is 721. The van der Waals surface area contributed by atoms with Gasteiger partial charge >= 0.3 is 6.09 Å². The highest BCUT2D eigenvalue weighted by Gasteiger charge is 2.42. The van der Waals surface area contributed by atoms with Crippen LogP contribution in [0.25, 0.3) is 0 Å². The molecule has 1 saturated carbocycles. The first-order valence-electron chi connectivity index (χ1n) is 9.94. The molecule has 2 aliphatic rings. The molecular weight excluding hydrogens is 376 g/mol. The van der Waals surface area contributed by atoms with Gasteiger partial charge in [-0.3, -0.25) is 14.8 Å². The Kier molecular flexibility index (Phi) is 6.92. The minimum atomic E-state index is -0.733. The quantitative estimate of drug-likeness (QED) is 0.510. The van der Waals surface area contributed by atoms with Crippen molar-refractivity contribution in [1.29, 1.82) is 0 Å². The normalized spacial score (nSPS) is 24.6. The summed E-state index contributed by atoms with van der Waals surface area (Å²) in [6, 6.07) is 10.0. The monoisotopic (exact) mass is 404 g/mol. The number of para-hydroxylation sites is 1. The first kappa shape index (κ1) is 20.9. The molecule has 9 nitrogen and oxygen atoms in total. The summed E-state index contributed by atoms with van der Waals surface area (Å²) in [6.07, 6.45) is 0.108. The van der Waals surface area contributed by atoms with Gasteiger partial charge in [0.15, 0.2) is 0 Å². The van der Waals surface area contributed by atoms with E-state index in [9.17, 15) is 14.4 Å². The van der Waals surface area contributed by atoms with Crippen LogP contribution < -0.4 is 15.7 Å². The van der Waals surface area contributed by atoms with E-state index in [1.165, 1.54) is 7.05 Å². The zero-order valence-corrected chi connectivity index (χ0v) is 16.5. The molecular formula is C20H28N4O5. The summed E-state index contributed by atoms with van der Waals surface area (Å²) >= 11 is 0. The molecule has 3 N–H and O–H groups in total. The van der Waals surface area contributed by atoms with Crippen LogP contribution in [-0.4, -0.2) is 67.3 Å². The number of amides is 3. The Labute approximate surface area is 169 Å². The molecule has 1 aliphatic heterocycles. The second-order valence-electron chi connectivity index (χ2n) is 7.43. The number of carbonyl (C=O) groups is 3. The third-order valence-corrected chi connectivity index (χ3v) is 5.76. The van der Waals surface area contributed by atoms with E-state index in [4.69, 9.17) is 9.94 Å². The van der Waals surface area contributed by atoms with Gasteiger partial charge in [0.05, 0.1) is 11.8 Å². The van der Waals surface area contributed by atoms with Gasteiger partial charge in [-0.25, -0.2) is 10.3 Å². The maximum Gasteiger partial charge on any atom is 0.407 e. The first-order chi connectivity index (χ1) is 14.0. The molecule has 0 aromatic heterocycles. The molecule has 1 heterocycles. The number of nitrogens with zero attached hydrogens (tertiary/aromatic N) is 2. The smallest absolute Gasteiger partial charge is 0.407 e. The van der Waals surface area contributed by atoms with E-state index in [1.54, 1.807) is 10.4 Å². The van der Waals surface area contributed by atoms with E-state index in [1.807, 2.05) is 30.3 Å². The van der Waals surface area contributed by atoms with Crippen LogP contribution in [0.15, 0.2) is 30.3 Å². The molecule has 158 valence electrons. The van der Waals surface area contributed by atoms with Gasteiger partial charge in [-0.05, 0) is 31.4 Å². The number of hydrogen-bond acceptors (Lipinski definition) is 6. The Hall–Kier alpha value is -2.81. The summed E-state index contributed by atoms with van der Waals surface area (Å²) in [6.45, 7) is 2.61. The van der Waals surface area contributed by atoms with E-state index in [-0.39, 0.29) is 12.3 Å². The van der Waals surface area contributed by atoms with Crippen molar-refractivity contribution in [3.63, 3.8) is 0 Å². The van der Waals surface area contributed by atoms with Crippen molar-refractivity contribution in [2.75, 3.05) is 38.1 Å². The second kappa shape index (κ2) is 9.60. The highest BCUT2D eigenvalue weighted by Crippen LogP contribution is 2.34. The van der Waals surface area contributed by atoms with Crippen molar-refractivity contribution in [2.24, 2.45) is 11.8 Å². The molecule has 2 fully saturated rings. The number of hydrogen-bond donors (Lipinski definition) is 3. The summed E-state index contributed by atoms with van der Waals surface area (Å²) in [7, 11) is 1.46. The van der Waals surface area contributed by atoms with Crippen molar-refractivity contribution in [3.05, 3.63) is 30.3 Å². The van der Waals surface area contributed by atoms with Gasteiger partial charge in [-0.2, -0.15) is 0 Å². The predicted octanol–water partition coefficient (Wildman–Crippen LogP) is 0.982. The molecule has 0 unspecified atom stereocenters. The molecule has 1 aliphatic carbocycles. The second-order valence-corrected chi connectivity index (χ2v) is 7.43. The van der Waals surface area contributed by atoms with Crippen LogP contribution in [0.3, 0.4) is 0 Å². The summed E-state index contributed by atoms with van der Waals surface area (Å²) < 4.78 is 5.26. The van der Waals surface area contributed by atoms with Gasteiger partial charge in [-0.1, -0.05) is 18.2 Å². The lowest BCUT2D eigenvalue weighted by Gasteiger charge is -2.40. The van der Waals surface area contributed by atoms with Crippen LogP contribution in [0.1, 0.15) is 19.3 Å². The number of nitrogens with one attached hydrogen (secondary N) is 2. The first-order valence-corrected chi connectivity index (χ1v) is 9.94. The minimum Gasteiger partial charge on any atom is -0.446 e. The van der Waals surface area contributed by atoms with E-state index in [2.05, 4.69) is 10.2 Å². The topological polar surface area (TPSA) is 111 Å². The van der Waals surface area contributed by atoms with Crippen molar-refractivity contribution < 1.29 is 24.3 Å². The molecule has 3 atom stereocenters. The molecule has 3 rings (SSSR count). The lowest BCUT2D eigenvalue weighted by molar-refractivity contribution is -0.149. The van der Waals surface area contributed by atoms with Crippen molar-refractivity contribution in [3.8, 4) is 0 Å². The van der Waals surface area contributed by atoms with Crippen molar-refractivity contribution in [1.82, 2.24) is 15.7 Å². The summed E-state index contributed by atoms with van der Waals surface area (Å²) in [4.78, 5) is 40.8. The van der Waals surface area contributed by atoms with Gasteiger partial charge in [-0.15, -0.1) is 0 Å². The van der Waals surface area contributed by atoms with Crippen LogP contribution in [0, 0.1) is 11.8 Å². The fourth-order valence-corrected chi connectivity index (χ4v) is 4.18. The number of hydroxylamine groups is 1. The molecule has 0 spiro atoms. The lowest BCUT2D eigenvalue weighted by Crippen LogP contribution is -2.53. The predicted molar refractivity (Wildman–Crippen MR) is 105 cm³/mol. The molecule has 1 aromatic rings. The van der Waals surface area contributed by atoms with E-state index < -0.39 is 29.9 Å². The number of piperazine rings is 1. The van der Waals surface area contributed by atoms with Crippen LogP contribution in [0.4, 0.5) is 10.5 Å². The minimum absolute atomic E-state index is 0.0790. The third kappa shape index (κ3) is 4.97. The summed E-state index contributed by atoms with van der Waals surface area (Å²) in [5.41, 5.74) is 2.79. The highest BCUT2D eigenvalue weighted by molar-refractivity contribution is 5.87. The van der Waals surface area contributed by atoms with Gasteiger partial charge in [0.2, 0.25) is 11.8 Å². The average molecular weight is 404 g/mol. The largest absolute Gasteiger partial charge is 0.446 e. The van der Waals surface area contributed by atoms with Crippen molar-refractivity contribution in [2.45, 2.75) is 25.4 Å². The number of carbonyl (C=O) groups excluding carboxylic acids is 3. The maximum atomic E-state index is 13.1. The van der Waals surface area contributed by atoms with Crippen molar-refractivity contribution >= 4 is 23.6 Å². The number of anilines is 1. The van der Waals surface area contributed by atoms with Crippen LogP contribution in [0.5, 0.6) is 0 Å². The average Bonchev–Trinajstić information content (AvgIpc) is 2.78. The molecule has 0 bridgehead atoms. The summed E-state index contributed by atoms with van der Waals surface area (Å²) in [5.74, 6) is -1.96. The van der Waals surface area contributed by atoms with Gasteiger partial charge in [0.1, 0.15) is 6.10 Å². The molecule has 9 heteroatoms. The summed E-state index contributed by atoms with van der Waals surface area (Å²) in [5, 5.41) is 11.5. The highest BCUT2D eigenvalue weighted by atomic mass is 16.6. The fraction of sp³-hybridized carbons (Fsp3) is 0.550. The number of ether oxygens (including phenoxy) is 1. The Morgan fingerprint density at radius 2 is 1.72 bits per heavy atom. The van der Waals surface area contributed by atoms with E-state index >= 15 is 0 Å². The van der Waals surface area contributed by atoms with Gasteiger partial charge in [0, 0.05) is 38.9 Å². The number of rotatable bonds is 4. The standard InChI is InChI=1S/C20H28N4O5/c1-21-20(27)29-15-7-8-16(17(13-15)18(25)22-28)19(26)24-11-9-23(10-12-24)14-5-3-2-4-6-14/h2-6,15-17,28H,7-13H2,1H3,(H,21,27)(H,22,25)/t15-,16-,17-/m0/s1. The Balaban J connectivity index is 1.61. The third-order valence-electron chi connectivity index (χ3n) is 5.76. The SMILES string of the molecule is CNC(=O)O[C@H]1CC[C@H](C(=O)N2CCN(c3ccccc3)CC2)[C@@H](C(=O)NO)C1. The zero-order chi connectivity index (χ0) is 20.8. The lowest BCUT2D eigenvalue weighted by atomic mass is 9.76. The fourth-order valence-electron chi connectivity index (χ4n) is 4.18. The van der Waals surface area contributed by atoms with Crippen LogP contribution in [-0.2, 0) is 14.3 Å². The molecule has 3 amide bonds. The zero-order valence-electron chi connectivity index (χ0n) is 16.5. The molecule has 0 radical (unpaired) electrons. The maximum absolute atomic E-state index is 13.1. The molecule has 1 aromatic carbocycles. The Morgan fingerprint density at radius 1 is 1.03 bits per heavy atom. The van der Waals surface area contributed by atoms with Crippen LogP contribution in [0.2, 0.25) is 0 Å². The number of alkyl carbamates (subject to hydrolysis) is 1. The van der Waals surface area contributed by atoms with E-state index in [0.29, 0.717) is 25.9 Å². The van der Waals surface area contributed by atoms with Crippen LogP contribution >= 0.6 is 0 Å².